The number of aliphatic hydroxyl groups is 1. The smallest absolute Gasteiger partial charge is 0.104 e. The molecule has 1 aromatic heterocycles. The molecule has 0 aliphatic heterocycles. The fraction of sp³-hybridized carbons (Fsp3) is 0.556. The zero-order valence-electron chi connectivity index (χ0n) is 6.88. The molecule has 1 fully saturated rings. The molecule has 1 nitrogen and oxygen atoms in total. The summed E-state index contributed by atoms with van der Waals surface area (Å²) in [7, 11) is 0. The Labute approximate surface area is 81.0 Å². The van der Waals surface area contributed by atoms with Gasteiger partial charge in [0, 0.05) is 0 Å². The van der Waals surface area contributed by atoms with Crippen molar-refractivity contribution in [2.24, 2.45) is 5.92 Å². The predicted molar refractivity (Wildman–Crippen MR) is 51.6 cm³/mol. The van der Waals surface area contributed by atoms with Crippen LogP contribution in [-0.4, -0.2) is 5.11 Å². The summed E-state index contributed by atoms with van der Waals surface area (Å²) in [5, 5.41) is 12.7. The molecule has 2 unspecified atom stereocenters. The Kier molecular flexibility index (Phi) is 1.94. The van der Waals surface area contributed by atoms with Gasteiger partial charge in [0.25, 0.3) is 0 Å². The normalized spacial score (nSPS) is 33.8. The zero-order chi connectivity index (χ0) is 8.77. The van der Waals surface area contributed by atoms with E-state index in [1.54, 1.807) is 11.3 Å². The number of rotatable bonds is 2. The summed E-state index contributed by atoms with van der Waals surface area (Å²) >= 11 is 7.49. The highest BCUT2D eigenvalue weighted by molar-refractivity contribution is 7.10. The van der Waals surface area contributed by atoms with E-state index in [-0.39, 0.29) is 0 Å². The molecule has 1 N–H and O–H groups in total. The van der Waals surface area contributed by atoms with Crippen LogP contribution in [0.15, 0.2) is 11.4 Å². The fourth-order valence-corrected chi connectivity index (χ4v) is 3.09. The Morgan fingerprint density at radius 3 is 3.00 bits per heavy atom. The highest BCUT2D eigenvalue weighted by Crippen LogP contribution is 2.56. The second kappa shape index (κ2) is 2.72. The minimum Gasteiger partial charge on any atom is -0.384 e. The van der Waals surface area contributed by atoms with Crippen molar-refractivity contribution >= 4 is 22.9 Å². The number of hydrogen-bond acceptors (Lipinski definition) is 2. The van der Waals surface area contributed by atoms with Crippen LogP contribution in [0.1, 0.15) is 24.6 Å². The van der Waals surface area contributed by atoms with E-state index in [9.17, 15) is 5.11 Å². The maximum absolute atomic E-state index is 10.1. The first kappa shape index (κ1) is 8.54. The quantitative estimate of drug-likeness (QED) is 0.782. The van der Waals surface area contributed by atoms with Crippen molar-refractivity contribution in [3.8, 4) is 0 Å². The first-order chi connectivity index (χ1) is 5.68. The lowest BCUT2D eigenvalue weighted by molar-refractivity contribution is 0.134. The van der Waals surface area contributed by atoms with E-state index in [2.05, 4.69) is 6.92 Å². The standard InChI is InChI=1S/C9H11ClOS/c1-2-6-5-9(6,11)8-7(10)3-4-12-8/h3-4,6,11H,2,5H2,1H3. The van der Waals surface area contributed by atoms with Crippen molar-refractivity contribution in [3.05, 3.63) is 21.3 Å². The maximum Gasteiger partial charge on any atom is 0.104 e. The topological polar surface area (TPSA) is 20.2 Å². The molecule has 1 aromatic rings. The van der Waals surface area contributed by atoms with Gasteiger partial charge in [0.05, 0.1) is 9.90 Å². The molecule has 3 heteroatoms. The summed E-state index contributed by atoms with van der Waals surface area (Å²) in [4.78, 5) is 0.955. The summed E-state index contributed by atoms with van der Waals surface area (Å²) in [6, 6.07) is 1.85. The van der Waals surface area contributed by atoms with Gasteiger partial charge >= 0.3 is 0 Å². The molecule has 1 saturated carbocycles. The Morgan fingerprint density at radius 1 is 1.83 bits per heavy atom. The molecule has 2 rings (SSSR count). The van der Waals surface area contributed by atoms with Crippen molar-refractivity contribution in [1.82, 2.24) is 0 Å². The summed E-state index contributed by atoms with van der Waals surface area (Å²) < 4.78 is 0. The van der Waals surface area contributed by atoms with E-state index in [1.807, 2.05) is 11.4 Å². The average molecular weight is 203 g/mol. The molecule has 0 amide bonds. The summed E-state index contributed by atoms with van der Waals surface area (Å²) in [6.45, 7) is 2.10. The summed E-state index contributed by atoms with van der Waals surface area (Å²) in [5.41, 5.74) is -0.583. The van der Waals surface area contributed by atoms with Gasteiger partial charge < -0.3 is 5.11 Å². The van der Waals surface area contributed by atoms with E-state index in [4.69, 9.17) is 11.6 Å². The summed E-state index contributed by atoms with van der Waals surface area (Å²) in [6.07, 6.45) is 1.91. The average Bonchev–Trinajstić information content (AvgIpc) is 2.50. The van der Waals surface area contributed by atoms with Crippen molar-refractivity contribution in [2.75, 3.05) is 0 Å². The molecule has 1 aliphatic rings. The lowest BCUT2D eigenvalue weighted by atomic mass is 10.2. The highest BCUT2D eigenvalue weighted by atomic mass is 35.5. The van der Waals surface area contributed by atoms with Gasteiger partial charge in [-0.25, -0.2) is 0 Å². The van der Waals surface area contributed by atoms with E-state index in [0.717, 1.165) is 22.7 Å². The highest BCUT2D eigenvalue weighted by Gasteiger charge is 2.54. The van der Waals surface area contributed by atoms with Gasteiger partial charge in [0.15, 0.2) is 0 Å². The second-order valence-corrected chi connectivity index (χ2v) is 4.65. The lowest BCUT2D eigenvalue weighted by Gasteiger charge is -2.07. The van der Waals surface area contributed by atoms with Gasteiger partial charge in [-0.1, -0.05) is 24.9 Å². The second-order valence-electron chi connectivity index (χ2n) is 3.33. The van der Waals surface area contributed by atoms with Crippen LogP contribution in [0.5, 0.6) is 0 Å². The first-order valence-electron chi connectivity index (χ1n) is 4.14. The van der Waals surface area contributed by atoms with E-state index in [1.165, 1.54) is 0 Å². The molecule has 12 heavy (non-hydrogen) atoms. The predicted octanol–water partition coefficient (Wildman–Crippen LogP) is 3.02. The van der Waals surface area contributed by atoms with Crippen molar-refractivity contribution in [3.63, 3.8) is 0 Å². The van der Waals surface area contributed by atoms with Crippen molar-refractivity contribution in [2.45, 2.75) is 25.4 Å². The van der Waals surface area contributed by atoms with Crippen LogP contribution >= 0.6 is 22.9 Å². The molecule has 0 spiro atoms. The van der Waals surface area contributed by atoms with Crippen LogP contribution < -0.4 is 0 Å². The Bertz CT molecular complexity index is 296. The number of halogens is 1. The molecule has 2 atom stereocenters. The van der Waals surface area contributed by atoms with Gasteiger partial charge in [-0.2, -0.15) is 0 Å². The van der Waals surface area contributed by atoms with Crippen molar-refractivity contribution < 1.29 is 5.11 Å². The number of hydrogen-bond donors (Lipinski definition) is 1. The summed E-state index contributed by atoms with van der Waals surface area (Å²) in [5.74, 6) is 0.425. The molecule has 1 heterocycles. The van der Waals surface area contributed by atoms with Crippen molar-refractivity contribution in [1.29, 1.82) is 0 Å². The van der Waals surface area contributed by atoms with Crippen LogP contribution in [0.4, 0.5) is 0 Å². The Morgan fingerprint density at radius 2 is 2.58 bits per heavy atom. The molecule has 66 valence electrons. The fourth-order valence-electron chi connectivity index (χ4n) is 1.68. The van der Waals surface area contributed by atoms with Crippen LogP contribution in [0, 0.1) is 5.92 Å². The lowest BCUT2D eigenvalue weighted by Crippen LogP contribution is -2.06. The van der Waals surface area contributed by atoms with E-state index >= 15 is 0 Å². The van der Waals surface area contributed by atoms with Crippen LogP contribution in [0.2, 0.25) is 5.02 Å². The monoisotopic (exact) mass is 202 g/mol. The Balaban J connectivity index is 2.27. The van der Waals surface area contributed by atoms with Gasteiger partial charge in [0.2, 0.25) is 0 Å². The van der Waals surface area contributed by atoms with Crippen LogP contribution in [0.25, 0.3) is 0 Å². The minimum absolute atomic E-state index is 0.425. The zero-order valence-corrected chi connectivity index (χ0v) is 8.45. The number of thiophene rings is 1. The largest absolute Gasteiger partial charge is 0.384 e. The third-order valence-corrected chi connectivity index (χ3v) is 4.08. The van der Waals surface area contributed by atoms with E-state index in [0.29, 0.717) is 5.92 Å². The minimum atomic E-state index is -0.583. The maximum atomic E-state index is 10.1. The van der Waals surface area contributed by atoms with Gasteiger partial charge in [-0.3, -0.25) is 0 Å². The molecule has 0 saturated heterocycles. The van der Waals surface area contributed by atoms with Crippen LogP contribution in [-0.2, 0) is 5.60 Å². The van der Waals surface area contributed by atoms with Crippen LogP contribution in [0.3, 0.4) is 0 Å². The van der Waals surface area contributed by atoms with Gasteiger partial charge in [-0.15, -0.1) is 11.3 Å². The first-order valence-corrected chi connectivity index (χ1v) is 5.40. The molecule has 1 aliphatic carbocycles. The van der Waals surface area contributed by atoms with Gasteiger partial charge in [-0.05, 0) is 23.8 Å². The molecule has 0 bridgehead atoms. The third-order valence-electron chi connectivity index (χ3n) is 2.58. The molecular weight excluding hydrogens is 192 g/mol. The molecule has 0 radical (unpaired) electrons. The third kappa shape index (κ3) is 1.10. The Hall–Kier alpha value is -0.0500. The SMILES string of the molecule is CCC1CC1(O)c1sccc1Cl. The van der Waals surface area contributed by atoms with Gasteiger partial charge in [0.1, 0.15) is 5.60 Å². The molecule has 0 aromatic carbocycles. The molecular formula is C9H11ClOS. The van der Waals surface area contributed by atoms with E-state index < -0.39 is 5.60 Å².